The van der Waals surface area contributed by atoms with Gasteiger partial charge in [-0.25, -0.2) is 15.0 Å². The van der Waals surface area contributed by atoms with E-state index in [9.17, 15) is 0 Å². The van der Waals surface area contributed by atoms with E-state index in [-0.39, 0.29) is 0 Å². The van der Waals surface area contributed by atoms with Gasteiger partial charge in [0.15, 0.2) is 0 Å². The van der Waals surface area contributed by atoms with Gasteiger partial charge in [0, 0.05) is 23.3 Å². The average molecular weight is 260 g/mol. The number of hydrogen-bond donors (Lipinski definition) is 1. The fraction of sp³-hybridized carbons (Fsp3) is 0.733. The number of aryl methyl sites for hydroxylation is 1. The largest absolute Gasteiger partial charge is 0.302 e. The van der Waals surface area contributed by atoms with E-state index in [1.54, 1.807) is 6.33 Å². The number of aromatic nitrogens is 2. The number of piperidine rings is 1. The maximum Gasteiger partial charge on any atom is 0.147 e. The molecular formula is C15H24N4. The lowest BCUT2D eigenvalue weighted by Gasteiger charge is -2.39. The predicted octanol–water partition coefficient (Wildman–Crippen LogP) is 2.95. The van der Waals surface area contributed by atoms with Gasteiger partial charge in [0.2, 0.25) is 0 Å². The molecule has 0 amide bonds. The summed E-state index contributed by atoms with van der Waals surface area (Å²) in [4.78, 5) is 8.93. The molecule has 0 bridgehead atoms. The highest BCUT2D eigenvalue weighted by Crippen LogP contribution is 2.28. The number of fused-ring (bicyclic) bond motifs is 1. The topological polar surface area (TPSA) is 41.0 Å². The van der Waals surface area contributed by atoms with Gasteiger partial charge in [0.05, 0.1) is 0 Å². The molecule has 104 valence electrons. The molecule has 0 saturated carbocycles. The summed E-state index contributed by atoms with van der Waals surface area (Å²) in [6, 6.07) is 1.16. The monoisotopic (exact) mass is 260 g/mol. The molecule has 4 nitrogen and oxygen atoms in total. The summed E-state index contributed by atoms with van der Waals surface area (Å²) in [6.07, 6.45) is 10.3. The van der Waals surface area contributed by atoms with Crippen molar-refractivity contribution in [2.75, 3.05) is 5.43 Å². The third-order valence-corrected chi connectivity index (χ3v) is 4.55. The van der Waals surface area contributed by atoms with Gasteiger partial charge in [0.1, 0.15) is 12.1 Å². The van der Waals surface area contributed by atoms with E-state index in [1.165, 1.54) is 43.4 Å². The molecule has 2 heterocycles. The molecule has 1 aliphatic heterocycles. The molecule has 0 spiro atoms. The summed E-state index contributed by atoms with van der Waals surface area (Å²) >= 11 is 0. The second-order valence-corrected chi connectivity index (χ2v) is 6.00. The molecule has 1 fully saturated rings. The Labute approximate surface area is 115 Å². The summed E-state index contributed by atoms with van der Waals surface area (Å²) in [6.45, 7) is 4.60. The van der Waals surface area contributed by atoms with E-state index in [2.05, 4.69) is 34.3 Å². The third-order valence-electron chi connectivity index (χ3n) is 4.55. The minimum absolute atomic E-state index is 0.581. The van der Waals surface area contributed by atoms with Crippen molar-refractivity contribution in [1.29, 1.82) is 0 Å². The van der Waals surface area contributed by atoms with Gasteiger partial charge in [-0.05, 0) is 52.4 Å². The minimum atomic E-state index is 0.581. The highest BCUT2D eigenvalue weighted by molar-refractivity contribution is 5.46. The van der Waals surface area contributed by atoms with Crippen molar-refractivity contribution in [3.05, 3.63) is 17.6 Å². The van der Waals surface area contributed by atoms with Crippen LogP contribution in [0.25, 0.3) is 0 Å². The van der Waals surface area contributed by atoms with Crippen molar-refractivity contribution in [3.8, 4) is 0 Å². The first kappa shape index (κ1) is 12.9. The number of rotatable bonds is 2. The Bertz CT molecular complexity index is 436. The van der Waals surface area contributed by atoms with Gasteiger partial charge in [-0.2, -0.15) is 0 Å². The van der Waals surface area contributed by atoms with Crippen molar-refractivity contribution >= 4 is 5.82 Å². The number of nitrogens with one attached hydrogen (secondary N) is 1. The average Bonchev–Trinajstić information content (AvgIpc) is 2.43. The van der Waals surface area contributed by atoms with Crippen LogP contribution >= 0.6 is 0 Å². The molecule has 1 aromatic rings. The fourth-order valence-corrected chi connectivity index (χ4v) is 3.38. The van der Waals surface area contributed by atoms with Gasteiger partial charge >= 0.3 is 0 Å². The van der Waals surface area contributed by atoms with Crippen LogP contribution in [0.1, 0.15) is 57.2 Å². The molecule has 3 rings (SSSR count). The molecule has 1 N–H and O–H groups in total. The molecular weight excluding hydrogens is 236 g/mol. The van der Waals surface area contributed by atoms with Gasteiger partial charge in [-0.15, -0.1) is 0 Å². The Balaban J connectivity index is 1.82. The summed E-state index contributed by atoms with van der Waals surface area (Å²) < 4.78 is 0. The lowest BCUT2D eigenvalue weighted by atomic mass is 9.96. The van der Waals surface area contributed by atoms with Crippen molar-refractivity contribution in [2.45, 2.75) is 70.9 Å². The maximum atomic E-state index is 4.49. The smallest absolute Gasteiger partial charge is 0.147 e. The van der Waals surface area contributed by atoms with E-state index in [4.69, 9.17) is 0 Å². The van der Waals surface area contributed by atoms with Gasteiger partial charge in [-0.3, -0.25) is 0 Å². The number of hydrogen-bond acceptors (Lipinski definition) is 4. The van der Waals surface area contributed by atoms with Crippen LogP contribution in [0.4, 0.5) is 5.82 Å². The zero-order chi connectivity index (χ0) is 13.2. The normalized spacial score (nSPS) is 27.9. The second kappa shape index (κ2) is 5.45. The third kappa shape index (κ3) is 2.59. The number of hydrazine groups is 1. The Morgan fingerprint density at radius 3 is 2.58 bits per heavy atom. The standard InChI is InChI=1S/C15H24N4/c1-11-6-5-7-12(2)19(11)18-15-13-8-3-4-9-14(13)16-10-17-15/h10-12H,3-9H2,1-2H3,(H,16,17,18). The van der Waals surface area contributed by atoms with Crippen molar-refractivity contribution in [2.24, 2.45) is 0 Å². The zero-order valence-electron chi connectivity index (χ0n) is 12.0. The van der Waals surface area contributed by atoms with Crippen LogP contribution in [-0.4, -0.2) is 27.1 Å². The summed E-state index contributed by atoms with van der Waals surface area (Å²) in [5.74, 6) is 1.05. The van der Waals surface area contributed by atoms with Gasteiger partial charge in [-0.1, -0.05) is 6.42 Å². The number of nitrogens with zero attached hydrogens (tertiary/aromatic N) is 3. The lowest BCUT2D eigenvalue weighted by Crippen LogP contribution is -2.47. The first-order valence-corrected chi connectivity index (χ1v) is 7.63. The van der Waals surface area contributed by atoms with Gasteiger partial charge < -0.3 is 5.43 Å². The quantitative estimate of drug-likeness (QED) is 0.887. The molecule has 1 saturated heterocycles. The summed E-state index contributed by atoms with van der Waals surface area (Å²) in [5.41, 5.74) is 6.19. The van der Waals surface area contributed by atoms with Crippen molar-refractivity contribution in [1.82, 2.24) is 15.0 Å². The predicted molar refractivity (Wildman–Crippen MR) is 76.9 cm³/mol. The number of anilines is 1. The molecule has 0 aromatic carbocycles. The molecule has 4 heteroatoms. The van der Waals surface area contributed by atoms with E-state index < -0.39 is 0 Å². The van der Waals surface area contributed by atoms with Crippen LogP contribution < -0.4 is 5.43 Å². The van der Waals surface area contributed by atoms with E-state index in [1.807, 2.05) is 0 Å². The highest BCUT2D eigenvalue weighted by atomic mass is 15.5. The Morgan fingerprint density at radius 2 is 1.79 bits per heavy atom. The summed E-state index contributed by atoms with van der Waals surface area (Å²) in [7, 11) is 0. The van der Waals surface area contributed by atoms with Crippen LogP contribution in [0.15, 0.2) is 6.33 Å². The van der Waals surface area contributed by atoms with E-state index >= 15 is 0 Å². The Morgan fingerprint density at radius 1 is 1.05 bits per heavy atom. The fourth-order valence-electron chi connectivity index (χ4n) is 3.38. The molecule has 0 radical (unpaired) electrons. The molecule has 2 aliphatic rings. The molecule has 2 unspecified atom stereocenters. The molecule has 2 atom stereocenters. The molecule has 19 heavy (non-hydrogen) atoms. The Kier molecular flexibility index (Phi) is 3.69. The van der Waals surface area contributed by atoms with Crippen LogP contribution in [0.3, 0.4) is 0 Å². The lowest BCUT2D eigenvalue weighted by molar-refractivity contribution is 0.135. The SMILES string of the molecule is CC1CCCC(C)N1Nc1ncnc2c1CCCC2. The minimum Gasteiger partial charge on any atom is -0.302 e. The van der Waals surface area contributed by atoms with Crippen LogP contribution in [-0.2, 0) is 12.8 Å². The van der Waals surface area contributed by atoms with Crippen LogP contribution in [0.2, 0.25) is 0 Å². The van der Waals surface area contributed by atoms with E-state index in [0.717, 1.165) is 18.7 Å². The van der Waals surface area contributed by atoms with Gasteiger partial charge in [0.25, 0.3) is 0 Å². The Hall–Kier alpha value is -1.16. The maximum absolute atomic E-state index is 4.49. The van der Waals surface area contributed by atoms with E-state index in [0.29, 0.717) is 12.1 Å². The highest BCUT2D eigenvalue weighted by Gasteiger charge is 2.26. The van der Waals surface area contributed by atoms with Crippen molar-refractivity contribution < 1.29 is 0 Å². The molecule has 1 aromatic heterocycles. The first-order valence-electron chi connectivity index (χ1n) is 7.63. The second-order valence-electron chi connectivity index (χ2n) is 6.00. The zero-order valence-corrected chi connectivity index (χ0v) is 12.0. The van der Waals surface area contributed by atoms with Crippen LogP contribution in [0.5, 0.6) is 0 Å². The first-order chi connectivity index (χ1) is 9.25. The summed E-state index contributed by atoms with van der Waals surface area (Å²) in [5, 5.41) is 2.39. The molecule has 1 aliphatic carbocycles. The van der Waals surface area contributed by atoms with Crippen molar-refractivity contribution in [3.63, 3.8) is 0 Å². The van der Waals surface area contributed by atoms with Crippen LogP contribution in [0, 0.1) is 0 Å².